The van der Waals surface area contributed by atoms with Gasteiger partial charge in [0, 0.05) is 6.04 Å². The Bertz CT molecular complexity index is 404. The van der Waals surface area contributed by atoms with E-state index in [0.29, 0.717) is 12.6 Å². The number of rotatable bonds is 4. The average Bonchev–Trinajstić information content (AvgIpc) is 2.85. The molecule has 0 spiro atoms. The highest BCUT2D eigenvalue weighted by atomic mass is 16.5. The van der Waals surface area contributed by atoms with Crippen molar-refractivity contribution in [2.24, 2.45) is 5.16 Å². The van der Waals surface area contributed by atoms with E-state index in [9.17, 15) is 0 Å². The maximum Gasteiger partial charge on any atom is 0.153 e. The van der Waals surface area contributed by atoms with E-state index in [1.807, 2.05) is 4.68 Å². The third kappa shape index (κ3) is 3.07. The van der Waals surface area contributed by atoms with Crippen molar-refractivity contribution in [3.05, 3.63) is 12.2 Å². The van der Waals surface area contributed by atoms with E-state index in [0.717, 1.165) is 37.2 Å². The lowest BCUT2D eigenvalue weighted by Crippen LogP contribution is -2.22. The fourth-order valence-corrected chi connectivity index (χ4v) is 2.19. The summed E-state index contributed by atoms with van der Waals surface area (Å²) in [5, 5.41) is 16.1. The Balaban J connectivity index is 1.83. The van der Waals surface area contributed by atoms with Crippen LogP contribution in [0.4, 0.5) is 0 Å². The largest absolute Gasteiger partial charge is 0.411 e. The second kappa shape index (κ2) is 5.95. The van der Waals surface area contributed by atoms with Crippen LogP contribution in [0.15, 0.2) is 11.5 Å². The quantitative estimate of drug-likeness (QED) is 0.658. The molecule has 0 aromatic carbocycles. The molecule has 6 nitrogen and oxygen atoms in total. The number of aromatic nitrogens is 3. The molecule has 0 aliphatic heterocycles. The van der Waals surface area contributed by atoms with Crippen LogP contribution in [-0.2, 0) is 11.3 Å². The van der Waals surface area contributed by atoms with Crippen LogP contribution in [0.1, 0.15) is 51.4 Å². The molecular weight excluding hydrogens is 232 g/mol. The summed E-state index contributed by atoms with van der Waals surface area (Å²) in [4.78, 5) is 4.22. The van der Waals surface area contributed by atoms with Gasteiger partial charge in [0.05, 0.1) is 11.8 Å². The Morgan fingerprint density at radius 1 is 1.50 bits per heavy atom. The Morgan fingerprint density at radius 3 is 2.83 bits per heavy atom. The van der Waals surface area contributed by atoms with Crippen LogP contribution in [-0.4, -0.2) is 31.8 Å². The molecule has 0 radical (unpaired) electrons. The van der Waals surface area contributed by atoms with Gasteiger partial charge in [0.15, 0.2) is 5.82 Å². The van der Waals surface area contributed by atoms with Gasteiger partial charge >= 0.3 is 0 Å². The van der Waals surface area contributed by atoms with Crippen LogP contribution in [0.5, 0.6) is 0 Å². The van der Waals surface area contributed by atoms with Crippen molar-refractivity contribution in [3.63, 3.8) is 0 Å². The van der Waals surface area contributed by atoms with E-state index >= 15 is 0 Å². The van der Waals surface area contributed by atoms with Gasteiger partial charge in [-0.2, -0.15) is 5.10 Å². The van der Waals surface area contributed by atoms with Gasteiger partial charge < -0.3 is 9.94 Å². The molecule has 1 aliphatic carbocycles. The lowest BCUT2D eigenvalue weighted by atomic mass is 9.96. The zero-order chi connectivity index (χ0) is 13.0. The molecule has 1 N–H and O–H groups in total. The van der Waals surface area contributed by atoms with Gasteiger partial charge in [-0.15, -0.1) is 0 Å². The smallest absolute Gasteiger partial charge is 0.153 e. The highest BCUT2D eigenvalue weighted by Gasteiger charge is 2.19. The van der Waals surface area contributed by atoms with Crippen molar-refractivity contribution in [1.82, 2.24) is 14.8 Å². The number of hydrogen-bond acceptors (Lipinski definition) is 5. The van der Waals surface area contributed by atoms with Crippen LogP contribution in [0.25, 0.3) is 0 Å². The predicted molar refractivity (Wildman–Crippen MR) is 66.7 cm³/mol. The van der Waals surface area contributed by atoms with Gasteiger partial charge in [0.25, 0.3) is 0 Å². The van der Waals surface area contributed by atoms with E-state index in [1.165, 1.54) is 0 Å². The SMILES string of the molecule is CC(C)n1ncnc1COC1CCC(=NO)CC1. The highest BCUT2D eigenvalue weighted by molar-refractivity contribution is 5.84. The summed E-state index contributed by atoms with van der Waals surface area (Å²) in [7, 11) is 0. The number of hydrogen-bond donors (Lipinski definition) is 1. The third-order valence-corrected chi connectivity index (χ3v) is 3.24. The van der Waals surface area contributed by atoms with Crippen LogP contribution in [0, 0.1) is 0 Å². The van der Waals surface area contributed by atoms with Crippen molar-refractivity contribution >= 4 is 5.71 Å². The molecule has 0 amide bonds. The van der Waals surface area contributed by atoms with Crippen molar-refractivity contribution in [1.29, 1.82) is 0 Å². The molecule has 1 heterocycles. The standard InChI is InChI=1S/C12H20N4O2/c1-9(2)16-12(13-8-14-16)7-18-11-5-3-10(15-17)4-6-11/h8-9,11,17H,3-7H2,1-2H3. The molecule has 2 rings (SSSR count). The number of ether oxygens (including phenoxy) is 1. The first kappa shape index (κ1) is 13.0. The summed E-state index contributed by atoms with van der Waals surface area (Å²) in [5.74, 6) is 0.867. The predicted octanol–water partition coefficient (Wildman–Crippen LogP) is 2.15. The molecular formula is C12H20N4O2. The molecule has 18 heavy (non-hydrogen) atoms. The minimum atomic E-state index is 0.229. The van der Waals surface area contributed by atoms with Crippen molar-refractivity contribution in [3.8, 4) is 0 Å². The molecule has 0 atom stereocenters. The zero-order valence-electron chi connectivity index (χ0n) is 10.9. The van der Waals surface area contributed by atoms with Gasteiger partial charge in [-0.05, 0) is 39.5 Å². The van der Waals surface area contributed by atoms with Crippen LogP contribution < -0.4 is 0 Å². The van der Waals surface area contributed by atoms with Crippen LogP contribution in [0.3, 0.4) is 0 Å². The molecule has 6 heteroatoms. The normalized spacial score (nSPS) is 20.4. The Morgan fingerprint density at radius 2 is 2.22 bits per heavy atom. The zero-order valence-corrected chi connectivity index (χ0v) is 10.9. The molecule has 0 unspecified atom stereocenters. The molecule has 100 valence electrons. The number of oxime groups is 1. The van der Waals surface area contributed by atoms with E-state index in [1.54, 1.807) is 6.33 Å². The molecule has 1 fully saturated rings. The maximum absolute atomic E-state index is 8.68. The Hall–Kier alpha value is -1.43. The van der Waals surface area contributed by atoms with E-state index < -0.39 is 0 Å². The van der Waals surface area contributed by atoms with Gasteiger partial charge in [-0.3, -0.25) is 0 Å². The number of nitrogens with zero attached hydrogens (tertiary/aromatic N) is 4. The van der Waals surface area contributed by atoms with E-state index in [2.05, 4.69) is 29.1 Å². The fraction of sp³-hybridized carbons (Fsp3) is 0.750. The third-order valence-electron chi connectivity index (χ3n) is 3.24. The van der Waals surface area contributed by atoms with Crippen molar-refractivity contribution < 1.29 is 9.94 Å². The minimum absolute atomic E-state index is 0.229. The summed E-state index contributed by atoms with van der Waals surface area (Å²) >= 11 is 0. The van der Waals surface area contributed by atoms with Gasteiger partial charge in [-0.1, -0.05) is 5.16 Å². The maximum atomic E-state index is 8.68. The van der Waals surface area contributed by atoms with E-state index in [4.69, 9.17) is 9.94 Å². The van der Waals surface area contributed by atoms with E-state index in [-0.39, 0.29) is 6.10 Å². The Labute approximate surface area is 107 Å². The van der Waals surface area contributed by atoms with Crippen LogP contribution >= 0.6 is 0 Å². The first-order valence-electron chi connectivity index (χ1n) is 6.40. The second-order valence-electron chi connectivity index (χ2n) is 4.89. The summed E-state index contributed by atoms with van der Waals surface area (Å²) in [6, 6.07) is 0.297. The second-order valence-corrected chi connectivity index (χ2v) is 4.89. The molecule has 0 bridgehead atoms. The highest BCUT2D eigenvalue weighted by Crippen LogP contribution is 2.20. The van der Waals surface area contributed by atoms with Gasteiger partial charge in [-0.25, -0.2) is 9.67 Å². The van der Waals surface area contributed by atoms with Crippen molar-refractivity contribution in [2.45, 2.75) is 58.3 Å². The summed E-state index contributed by atoms with van der Waals surface area (Å²) < 4.78 is 7.73. The lowest BCUT2D eigenvalue weighted by molar-refractivity contribution is 0.0218. The summed E-state index contributed by atoms with van der Waals surface area (Å²) in [5.41, 5.74) is 0.875. The first-order chi connectivity index (χ1) is 8.70. The molecule has 1 aromatic heterocycles. The fourth-order valence-electron chi connectivity index (χ4n) is 2.19. The molecule has 0 saturated heterocycles. The average molecular weight is 252 g/mol. The summed E-state index contributed by atoms with van der Waals surface area (Å²) in [6.45, 7) is 4.64. The van der Waals surface area contributed by atoms with Crippen molar-refractivity contribution in [2.75, 3.05) is 0 Å². The van der Waals surface area contributed by atoms with Crippen LogP contribution in [0.2, 0.25) is 0 Å². The van der Waals surface area contributed by atoms with Gasteiger partial charge in [0.2, 0.25) is 0 Å². The lowest BCUT2D eigenvalue weighted by Gasteiger charge is -2.22. The molecule has 1 aromatic rings. The molecule has 1 saturated carbocycles. The molecule has 1 aliphatic rings. The minimum Gasteiger partial charge on any atom is -0.411 e. The monoisotopic (exact) mass is 252 g/mol. The van der Waals surface area contributed by atoms with Gasteiger partial charge in [0.1, 0.15) is 12.9 Å². The first-order valence-corrected chi connectivity index (χ1v) is 6.40. The summed E-state index contributed by atoms with van der Waals surface area (Å²) in [6.07, 6.45) is 5.25. The topological polar surface area (TPSA) is 72.5 Å². The Kier molecular flexibility index (Phi) is 4.30.